The molecule has 7 nitrogen and oxygen atoms in total. The van der Waals surface area contributed by atoms with Crippen molar-refractivity contribution in [2.24, 2.45) is 0 Å². The number of carbonyl (C=O) groups is 1. The van der Waals surface area contributed by atoms with Crippen molar-refractivity contribution < 1.29 is 31.1 Å². The van der Waals surface area contributed by atoms with Crippen molar-refractivity contribution in [1.82, 2.24) is 4.90 Å². The van der Waals surface area contributed by atoms with Gasteiger partial charge in [0.1, 0.15) is 5.75 Å². The normalized spacial score (nSPS) is 19.4. The summed E-state index contributed by atoms with van der Waals surface area (Å²) in [4.78, 5) is 16.4. The predicted molar refractivity (Wildman–Crippen MR) is 113 cm³/mol. The molecule has 2 aromatic rings. The minimum atomic E-state index is -4.42. The maximum atomic E-state index is 13.1. The van der Waals surface area contributed by atoms with Gasteiger partial charge in [-0.15, -0.1) is 0 Å². The van der Waals surface area contributed by atoms with E-state index in [2.05, 4.69) is 0 Å². The molecule has 0 unspecified atom stereocenters. The zero-order valence-electron chi connectivity index (χ0n) is 17.2. The van der Waals surface area contributed by atoms with Gasteiger partial charge in [-0.2, -0.15) is 13.2 Å². The first-order chi connectivity index (χ1) is 15.0. The number of ether oxygens (including phenoxy) is 1. The van der Waals surface area contributed by atoms with E-state index in [1.54, 1.807) is 40.1 Å². The summed E-state index contributed by atoms with van der Waals surface area (Å²) in [6.07, 6.45) is -4.35. The third kappa shape index (κ3) is 4.47. The molecule has 2 aromatic carbocycles. The molecule has 2 aliphatic rings. The third-order valence-electron chi connectivity index (χ3n) is 5.54. The number of sulfonamides is 1. The fourth-order valence-electron chi connectivity index (χ4n) is 3.91. The molecule has 1 fully saturated rings. The summed E-state index contributed by atoms with van der Waals surface area (Å²) < 4.78 is 70.5. The largest absolute Gasteiger partial charge is 0.476 e. The number of anilines is 2. The molecule has 4 rings (SSSR count). The van der Waals surface area contributed by atoms with E-state index >= 15 is 0 Å². The minimum Gasteiger partial charge on any atom is -0.476 e. The van der Waals surface area contributed by atoms with Gasteiger partial charge in [-0.3, -0.25) is 9.10 Å². The molecule has 172 valence electrons. The molecule has 0 N–H and O–H groups in total. The molecule has 1 atom stereocenters. The van der Waals surface area contributed by atoms with Gasteiger partial charge in [0.2, 0.25) is 10.0 Å². The summed E-state index contributed by atoms with van der Waals surface area (Å²) in [5.74, 6) is -0.0398. The molecule has 0 radical (unpaired) electrons. The summed E-state index contributed by atoms with van der Waals surface area (Å²) in [6.45, 7) is 1.14. The maximum absolute atomic E-state index is 13.1. The van der Waals surface area contributed by atoms with Gasteiger partial charge in [0.25, 0.3) is 5.91 Å². The fraction of sp³-hybridized carbons (Fsp3) is 0.381. The van der Waals surface area contributed by atoms with Crippen LogP contribution in [-0.4, -0.2) is 64.3 Å². The quantitative estimate of drug-likeness (QED) is 0.691. The summed E-state index contributed by atoms with van der Waals surface area (Å²) in [7, 11) is -3.61. The van der Waals surface area contributed by atoms with Crippen LogP contribution in [0.5, 0.6) is 5.75 Å². The van der Waals surface area contributed by atoms with Crippen molar-refractivity contribution >= 4 is 27.3 Å². The Balaban J connectivity index is 1.45. The van der Waals surface area contributed by atoms with Crippen LogP contribution >= 0.6 is 0 Å². The van der Waals surface area contributed by atoms with E-state index in [1.165, 1.54) is 6.07 Å². The van der Waals surface area contributed by atoms with Crippen LogP contribution in [0.15, 0.2) is 48.5 Å². The van der Waals surface area contributed by atoms with Gasteiger partial charge < -0.3 is 14.5 Å². The second kappa shape index (κ2) is 8.19. The Kier molecular flexibility index (Phi) is 5.70. The average Bonchev–Trinajstić information content (AvgIpc) is 2.77. The number of carbonyl (C=O) groups excluding carboxylic acids is 1. The number of amides is 1. The predicted octanol–water partition coefficient (Wildman–Crippen LogP) is 2.58. The molecule has 0 aromatic heterocycles. The Morgan fingerprint density at radius 3 is 2.38 bits per heavy atom. The number of alkyl halides is 3. The highest BCUT2D eigenvalue weighted by molar-refractivity contribution is 7.92. The van der Waals surface area contributed by atoms with Crippen LogP contribution in [0.3, 0.4) is 0 Å². The number of hydrogen-bond donors (Lipinski definition) is 0. The van der Waals surface area contributed by atoms with Crippen LogP contribution in [0, 0.1) is 0 Å². The molecule has 0 saturated carbocycles. The van der Waals surface area contributed by atoms with Gasteiger partial charge in [-0.1, -0.05) is 18.2 Å². The third-order valence-corrected chi connectivity index (χ3v) is 6.69. The molecule has 0 spiro atoms. The number of hydrogen-bond acceptors (Lipinski definition) is 5. The molecule has 2 aliphatic heterocycles. The van der Waals surface area contributed by atoms with E-state index in [1.807, 2.05) is 0 Å². The lowest BCUT2D eigenvalue weighted by Gasteiger charge is -2.40. The Morgan fingerprint density at radius 2 is 1.72 bits per heavy atom. The zero-order chi connectivity index (χ0) is 23.1. The molecule has 11 heteroatoms. The monoisotopic (exact) mass is 469 g/mol. The first-order valence-electron chi connectivity index (χ1n) is 9.98. The Labute approximate surface area is 184 Å². The number of para-hydroxylation sites is 2. The first kappa shape index (κ1) is 22.3. The van der Waals surface area contributed by atoms with Crippen LogP contribution in [0.2, 0.25) is 0 Å². The lowest BCUT2D eigenvalue weighted by molar-refractivity contribution is -0.139. The SMILES string of the molecule is CS(=O)(=O)N1C[C@H](C(=O)N2CCN(c3cccc(C(F)(F)F)c3)CC2)Oc2ccccc21. The molecule has 2 heterocycles. The standard InChI is InChI=1S/C21H22F3N3O4S/c1-32(29,30)27-14-19(31-18-8-3-2-7-17(18)27)20(28)26-11-9-25(10-12-26)16-6-4-5-15(13-16)21(22,23)24/h2-8,13,19H,9-12,14H2,1H3/t19-/m1/s1. The van der Waals surface area contributed by atoms with Crippen molar-refractivity contribution in [1.29, 1.82) is 0 Å². The smallest absolute Gasteiger partial charge is 0.416 e. The number of benzene rings is 2. The summed E-state index contributed by atoms with van der Waals surface area (Å²) in [5.41, 5.74) is 0.107. The fourth-order valence-corrected chi connectivity index (χ4v) is 4.83. The number of halogens is 3. The van der Waals surface area contributed by atoms with Gasteiger partial charge >= 0.3 is 6.18 Å². The van der Waals surface area contributed by atoms with E-state index in [0.717, 1.165) is 22.7 Å². The minimum absolute atomic E-state index is 0.136. The lowest BCUT2D eigenvalue weighted by Crippen LogP contribution is -2.56. The maximum Gasteiger partial charge on any atom is 0.416 e. The highest BCUT2D eigenvalue weighted by Gasteiger charge is 2.38. The van der Waals surface area contributed by atoms with Gasteiger partial charge in [0.05, 0.1) is 24.1 Å². The Hall–Kier alpha value is -2.95. The second-order valence-electron chi connectivity index (χ2n) is 7.73. The number of nitrogens with zero attached hydrogens (tertiary/aromatic N) is 3. The molecular weight excluding hydrogens is 447 g/mol. The molecule has 32 heavy (non-hydrogen) atoms. The summed E-state index contributed by atoms with van der Waals surface area (Å²) in [6, 6.07) is 11.7. The summed E-state index contributed by atoms with van der Waals surface area (Å²) in [5, 5.41) is 0. The highest BCUT2D eigenvalue weighted by atomic mass is 32.2. The second-order valence-corrected chi connectivity index (χ2v) is 9.64. The number of piperazine rings is 1. The van der Waals surface area contributed by atoms with E-state index < -0.39 is 27.9 Å². The topological polar surface area (TPSA) is 70.2 Å². The van der Waals surface area contributed by atoms with Crippen molar-refractivity contribution in [2.45, 2.75) is 12.3 Å². The van der Waals surface area contributed by atoms with Gasteiger partial charge in [0, 0.05) is 31.9 Å². The van der Waals surface area contributed by atoms with Gasteiger partial charge in [0.15, 0.2) is 6.10 Å². The van der Waals surface area contributed by atoms with Gasteiger partial charge in [-0.25, -0.2) is 8.42 Å². The number of rotatable bonds is 3. The van der Waals surface area contributed by atoms with E-state index in [0.29, 0.717) is 30.2 Å². The number of fused-ring (bicyclic) bond motifs is 1. The zero-order valence-corrected chi connectivity index (χ0v) is 18.1. The first-order valence-corrected chi connectivity index (χ1v) is 11.8. The van der Waals surface area contributed by atoms with Crippen LogP contribution in [-0.2, 0) is 21.0 Å². The van der Waals surface area contributed by atoms with E-state index in [4.69, 9.17) is 4.74 Å². The average molecular weight is 469 g/mol. The Bertz CT molecular complexity index is 1120. The van der Waals surface area contributed by atoms with Crippen molar-refractivity contribution in [3.63, 3.8) is 0 Å². The molecule has 0 aliphatic carbocycles. The van der Waals surface area contributed by atoms with Crippen LogP contribution < -0.4 is 13.9 Å². The van der Waals surface area contributed by atoms with Crippen LogP contribution in [0.25, 0.3) is 0 Å². The van der Waals surface area contributed by atoms with E-state index in [9.17, 15) is 26.4 Å². The van der Waals surface area contributed by atoms with E-state index in [-0.39, 0.29) is 25.5 Å². The molecule has 1 saturated heterocycles. The van der Waals surface area contributed by atoms with Gasteiger partial charge in [-0.05, 0) is 30.3 Å². The molecule has 0 bridgehead atoms. The van der Waals surface area contributed by atoms with Crippen molar-refractivity contribution in [3.8, 4) is 5.75 Å². The van der Waals surface area contributed by atoms with Crippen molar-refractivity contribution in [3.05, 3.63) is 54.1 Å². The van der Waals surface area contributed by atoms with Crippen LogP contribution in [0.4, 0.5) is 24.5 Å². The molecule has 1 amide bonds. The van der Waals surface area contributed by atoms with Crippen LogP contribution in [0.1, 0.15) is 5.56 Å². The van der Waals surface area contributed by atoms with Crippen molar-refractivity contribution in [2.75, 3.05) is 48.2 Å². The Morgan fingerprint density at radius 1 is 1.03 bits per heavy atom. The lowest BCUT2D eigenvalue weighted by atomic mass is 10.1. The molecular formula is C21H22F3N3O4S. The highest BCUT2D eigenvalue weighted by Crippen LogP contribution is 2.35. The summed E-state index contributed by atoms with van der Waals surface area (Å²) >= 11 is 0.